The van der Waals surface area contributed by atoms with Gasteiger partial charge < -0.3 is 15.0 Å². The Kier molecular flexibility index (Phi) is 6.58. The van der Waals surface area contributed by atoms with Gasteiger partial charge in [-0.05, 0) is 36.1 Å². The van der Waals surface area contributed by atoms with Crippen molar-refractivity contribution in [3.05, 3.63) is 99.7 Å². The second-order valence-corrected chi connectivity index (χ2v) is 9.46. The molecule has 0 fully saturated rings. The quantitative estimate of drug-likeness (QED) is 0.338. The van der Waals surface area contributed by atoms with Crippen LogP contribution in [0.4, 0.5) is 0 Å². The largest absolute Gasteiger partial charge is 0.382 e. The molecule has 2 N–H and O–H groups in total. The number of benzene rings is 2. The Hall–Kier alpha value is -4.30. The number of aromatic amines is 1. The maximum atomic E-state index is 13.5. The van der Waals surface area contributed by atoms with Gasteiger partial charge in [-0.25, -0.2) is 4.52 Å². The number of hydrogen-bond donors (Lipinski definition) is 2. The van der Waals surface area contributed by atoms with E-state index in [9.17, 15) is 9.59 Å². The number of aryl methyl sites for hydroxylation is 1. The molecule has 5 aromatic rings. The number of fused-ring (bicyclic) bond motifs is 2. The van der Waals surface area contributed by atoms with E-state index in [4.69, 9.17) is 4.74 Å². The van der Waals surface area contributed by atoms with Crippen molar-refractivity contribution < 1.29 is 9.53 Å². The summed E-state index contributed by atoms with van der Waals surface area (Å²) in [7, 11) is 1.59. The maximum Gasteiger partial charge on any atom is 0.274 e. The SMILES string of the molecule is COC[C@@H](NC(=O)c1nn2cc(-c3cnc4cccc(C)c4c3)[nH]c(=O)c2c1C(C)C)c1ccccc1. The molecule has 3 heterocycles. The predicted molar refractivity (Wildman–Crippen MR) is 144 cm³/mol. The third-order valence-electron chi connectivity index (χ3n) is 6.55. The summed E-state index contributed by atoms with van der Waals surface area (Å²) in [6.07, 6.45) is 3.47. The van der Waals surface area contributed by atoms with Crippen molar-refractivity contribution in [2.75, 3.05) is 13.7 Å². The molecule has 0 saturated heterocycles. The molecule has 0 aliphatic rings. The van der Waals surface area contributed by atoms with Crippen molar-refractivity contribution in [1.82, 2.24) is 24.9 Å². The number of amides is 1. The standard InChI is InChI=1S/C29H29N5O3/c1-17(2)25-26(28(35)32-24(16-37-4)19-10-6-5-7-11-19)33-34-15-23(31-29(36)27(25)34)20-13-21-18(3)9-8-12-22(21)30-14-20/h5-15,17,24H,16H2,1-4H3,(H,31,36)(H,32,35)/t24-/m1/s1. The van der Waals surface area contributed by atoms with Gasteiger partial charge in [0.15, 0.2) is 5.69 Å². The average molecular weight is 496 g/mol. The van der Waals surface area contributed by atoms with Crippen LogP contribution in [-0.4, -0.2) is 39.2 Å². The zero-order valence-electron chi connectivity index (χ0n) is 21.3. The maximum absolute atomic E-state index is 13.5. The first-order valence-corrected chi connectivity index (χ1v) is 12.2. The van der Waals surface area contributed by atoms with Crippen molar-refractivity contribution in [3.63, 3.8) is 0 Å². The fraction of sp³-hybridized carbons (Fsp3) is 0.241. The fourth-order valence-corrected chi connectivity index (χ4v) is 4.71. The van der Waals surface area contributed by atoms with Crippen molar-refractivity contribution in [2.24, 2.45) is 0 Å². The van der Waals surface area contributed by atoms with E-state index in [2.05, 4.69) is 20.4 Å². The lowest BCUT2D eigenvalue weighted by Gasteiger charge is -2.18. The Morgan fingerprint density at radius 1 is 1.14 bits per heavy atom. The highest BCUT2D eigenvalue weighted by Crippen LogP contribution is 2.27. The third kappa shape index (κ3) is 4.63. The van der Waals surface area contributed by atoms with E-state index in [-0.39, 0.29) is 29.1 Å². The molecule has 5 rings (SSSR count). The summed E-state index contributed by atoms with van der Waals surface area (Å²) >= 11 is 0. The molecule has 188 valence electrons. The number of methoxy groups -OCH3 is 1. The lowest BCUT2D eigenvalue weighted by Crippen LogP contribution is -2.32. The van der Waals surface area contributed by atoms with Crippen molar-refractivity contribution >= 4 is 22.3 Å². The van der Waals surface area contributed by atoms with Gasteiger partial charge >= 0.3 is 0 Å². The first-order valence-electron chi connectivity index (χ1n) is 12.2. The Bertz CT molecular complexity index is 1650. The lowest BCUT2D eigenvalue weighted by molar-refractivity contribution is 0.0890. The lowest BCUT2D eigenvalue weighted by atomic mass is 10.0. The van der Waals surface area contributed by atoms with Crippen LogP contribution in [-0.2, 0) is 4.74 Å². The molecule has 0 saturated carbocycles. The highest BCUT2D eigenvalue weighted by molar-refractivity contribution is 5.96. The van der Waals surface area contributed by atoms with Gasteiger partial charge in [-0.1, -0.05) is 56.3 Å². The zero-order valence-corrected chi connectivity index (χ0v) is 21.3. The molecule has 37 heavy (non-hydrogen) atoms. The molecule has 0 aliphatic carbocycles. The number of hydrogen-bond acceptors (Lipinski definition) is 5. The van der Waals surface area contributed by atoms with Crippen LogP contribution in [0.5, 0.6) is 0 Å². The summed E-state index contributed by atoms with van der Waals surface area (Å²) in [5.41, 5.74) is 5.11. The van der Waals surface area contributed by atoms with Crippen molar-refractivity contribution in [3.8, 4) is 11.3 Å². The van der Waals surface area contributed by atoms with Crippen LogP contribution in [0.1, 0.15) is 53.0 Å². The molecule has 3 aromatic heterocycles. The third-order valence-corrected chi connectivity index (χ3v) is 6.55. The summed E-state index contributed by atoms with van der Waals surface area (Å²) in [5.74, 6) is -0.463. The van der Waals surface area contributed by atoms with Crippen LogP contribution < -0.4 is 10.9 Å². The summed E-state index contributed by atoms with van der Waals surface area (Å²) in [4.78, 5) is 34.3. The molecule has 0 unspecified atom stereocenters. The number of pyridine rings is 1. The minimum Gasteiger partial charge on any atom is -0.382 e. The first kappa shape index (κ1) is 24.4. The monoisotopic (exact) mass is 495 g/mol. The van der Waals surface area contributed by atoms with Gasteiger partial charge in [0, 0.05) is 29.8 Å². The Morgan fingerprint density at radius 3 is 2.65 bits per heavy atom. The topological polar surface area (TPSA) is 101 Å². The van der Waals surface area contributed by atoms with Crippen molar-refractivity contribution in [2.45, 2.75) is 32.7 Å². The number of H-pyrrole nitrogens is 1. The molecule has 0 spiro atoms. The van der Waals surface area contributed by atoms with E-state index in [1.807, 2.05) is 75.4 Å². The number of rotatable bonds is 7. The van der Waals surface area contributed by atoms with E-state index in [1.54, 1.807) is 19.5 Å². The first-order chi connectivity index (χ1) is 17.9. The van der Waals surface area contributed by atoms with Crippen molar-refractivity contribution in [1.29, 1.82) is 0 Å². The minimum atomic E-state index is -0.359. The molecule has 2 aromatic carbocycles. The summed E-state index contributed by atoms with van der Waals surface area (Å²) in [6, 6.07) is 17.2. The summed E-state index contributed by atoms with van der Waals surface area (Å²) in [6.45, 7) is 6.22. The molecule has 0 aliphatic heterocycles. The van der Waals surface area contributed by atoms with E-state index in [0.717, 1.165) is 27.6 Å². The summed E-state index contributed by atoms with van der Waals surface area (Å²) < 4.78 is 6.86. The predicted octanol–water partition coefficient (Wildman–Crippen LogP) is 4.79. The number of aromatic nitrogens is 4. The molecule has 0 radical (unpaired) electrons. The fourth-order valence-electron chi connectivity index (χ4n) is 4.71. The number of carbonyl (C=O) groups excluding carboxylic acids is 1. The molecule has 1 amide bonds. The van der Waals surface area contributed by atoms with Gasteiger partial charge in [0.2, 0.25) is 0 Å². The second-order valence-electron chi connectivity index (χ2n) is 9.46. The molecule has 0 bridgehead atoms. The second kappa shape index (κ2) is 9.99. The van der Waals surface area contributed by atoms with Gasteiger partial charge in [-0.15, -0.1) is 0 Å². The number of nitrogens with one attached hydrogen (secondary N) is 2. The van der Waals surface area contributed by atoms with Gasteiger partial charge in [0.05, 0.1) is 30.1 Å². The van der Waals surface area contributed by atoms with Crippen LogP contribution in [0, 0.1) is 6.92 Å². The highest BCUT2D eigenvalue weighted by atomic mass is 16.5. The van der Waals surface area contributed by atoms with Gasteiger partial charge in [0.25, 0.3) is 11.5 Å². The highest BCUT2D eigenvalue weighted by Gasteiger charge is 2.26. The average Bonchev–Trinajstić information content (AvgIpc) is 3.30. The Morgan fingerprint density at radius 2 is 1.92 bits per heavy atom. The van der Waals surface area contributed by atoms with Crippen LogP contribution in [0.15, 0.2) is 71.8 Å². The van der Waals surface area contributed by atoms with E-state index < -0.39 is 0 Å². The van der Waals surface area contributed by atoms with E-state index >= 15 is 0 Å². The minimum absolute atomic E-state index is 0.104. The van der Waals surface area contributed by atoms with Crippen LogP contribution in [0.25, 0.3) is 27.7 Å². The molecular formula is C29H29N5O3. The molecule has 8 heteroatoms. The molecule has 8 nitrogen and oxygen atoms in total. The van der Waals surface area contributed by atoms with Gasteiger partial charge in [-0.3, -0.25) is 14.6 Å². The normalized spacial score (nSPS) is 12.4. The Labute approximate surface area is 214 Å². The van der Waals surface area contributed by atoms with Gasteiger partial charge in [-0.2, -0.15) is 5.10 Å². The Balaban J connectivity index is 1.58. The van der Waals surface area contributed by atoms with E-state index in [0.29, 0.717) is 23.4 Å². The smallest absolute Gasteiger partial charge is 0.274 e. The summed E-state index contributed by atoms with van der Waals surface area (Å²) in [5, 5.41) is 8.64. The van der Waals surface area contributed by atoms with Crippen LogP contribution >= 0.6 is 0 Å². The van der Waals surface area contributed by atoms with Crippen LogP contribution in [0.3, 0.4) is 0 Å². The van der Waals surface area contributed by atoms with Crippen LogP contribution in [0.2, 0.25) is 0 Å². The zero-order chi connectivity index (χ0) is 26.1. The van der Waals surface area contributed by atoms with E-state index in [1.165, 1.54) is 4.52 Å². The molecular weight excluding hydrogens is 466 g/mol. The molecule has 1 atom stereocenters. The van der Waals surface area contributed by atoms with Gasteiger partial charge in [0.1, 0.15) is 5.52 Å². The number of ether oxygens (including phenoxy) is 1. The number of nitrogens with zero attached hydrogens (tertiary/aromatic N) is 3. The number of carbonyl (C=O) groups is 1.